The Kier molecular flexibility index (Phi) is 6.38. The van der Waals surface area contributed by atoms with Crippen molar-refractivity contribution >= 4 is 29.2 Å². The van der Waals surface area contributed by atoms with Crippen LogP contribution in [0.3, 0.4) is 0 Å². The van der Waals surface area contributed by atoms with E-state index in [4.69, 9.17) is 27.9 Å². The molecule has 1 N–H and O–H groups in total. The Bertz CT molecular complexity index is 940. The minimum Gasteiger partial charge on any atom is -0.492 e. The van der Waals surface area contributed by atoms with Crippen molar-refractivity contribution in [1.29, 1.82) is 0 Å². The van der Waals surface area contributed by atoms with Gasteiger partial charge in [0.15, 0.2) is 0 Å². The van der Waals surface area contributed by atoms with Gasteiger partial charge in [0.1, 0.15) is 5.75 Å². The number of benzene rings is 3. The highest BCUT2D eigenvalue weighted by Gasteiger charge is 2.16. The van der Waals surface area contributed by atoms with E-state index >= 15 is 0 Å². The number of carboxylic acid groups (broad SMARTS) is 1. The van der Waals surface area contributed by atoms with Gasteiger partial charge in [0.05, 0.1) is 17.2 Å². The lowest BCUT2D eigenvalue weighted by Gasteiger charge is -2.14. The first kappa shape index (κ1) is 19.3. The van der Waals surface area contributed by atoms with Crippen molar-refractivity contribution in [1.82, 2.24) is 0 Å². The maximum absolute atomic E-state index is 11.4. The predicted octanol–water partition coefficient (Wildman–Crippen LogP) is 5.90. The highest BCUT2D eigenvalue weighted by molar-refractivity contribution is 6.37. The first-order valence-electron chi connectivity index (χ1n) is 8.51. The van der Waals surface area contributed by atoms with Crippen LogP contribution in [-0.2, 0) is 12.8 Å². The highest BCUT2D eigenvalue weighted by atomic mass is 35.5. The molecule has 0 spiro atoms. The van der Waals surface area contributed by atoms with Crippen LogP contribution < -0.4 is 4.74 Å². The summed E-state index contributed by atoms with van der Waals surface area (Å²) in [7, 11) is 0. The molecule has 0 atom stereocenters. The molecule has 0 radical (unpaired) electrons. The molecule has 0 amide bonds. The number of hydrogen-bond donors (Lipinski definition) is 1. The number of ether oxygens (including phenoxy) is 1. The summed E-state index contributed by atoms with van der Waals surface area (Å²) in [5, 5.41) is 10.3. The molecule has 0 heterocycles. The fourth-order valence-electron chi connectivity index (χ4n) is 2.85. The van der Waals surface area contributed by atoms with Gasteiger partial charge < -0.3 is 9.84 Å². The molecular formula is C22H18Cl2O3. The third kappa shape index (κ3) is 4.82. The summed E-state index contributed by atoms with van der Waals surface area (Å²) in [5.74, 6) is -0.437. The van der Waals surface area contributed by atoms with Gasteiger partial charge in [0.25, 0.3) is 0 Å². The van der Waals surface area contributed by atoms with E-state index in [2.05, 4.69) is 0 Å². The van der Waals surface area contributed by atoms with Crippen LogP contribution in [0, 0.1) is 0 Å². The summed E-state index contributed by atoms with van der Waals surface area (Å²) in [5.41, 5.74) is 2.72. The molecule has 138 valence electrons. The molecule has 0 aliphatic rings. The van der Waals surface area contributed by atoms with Crippen molar-refractivity contribution in [3.05, 3.63) is 99.0 Å². The molecular weight excluding hydrogens is 383 g/mol. The van der Waals surface area contributed by atoms with E-state index < -0.39 is 5.97 Å². The topological polar surface area (TPSA) is 46.5 Å². The zero-order valence-corrected chi connectivity index (χ0v) is 16.0. The van der Waals surface area contributed by atoms with E-state index in [0.29, 0.717) is 39.9 Å². The Balaban J connectivity index is 1.79. The lowest BCUT2D eigenvalue weighted by Crippen LogP contribution is -2.05. The molecule has 0 aliphatic carbocycles. The lowest BCUT2D eigenvalue weighted by molar-refractivity contribution is 0.0696. The van der Waals surface area contributed by atoms with Gasteiger partial charge >= 0.3 is 5.97 Å². The van der Waals surface area contributed by atoms with E-state index in [1.165, 1.54) is 5.56 Å². The first-order valence-corrected chi connectivity index (χ1v) is 9.26. The third-order valence-electron chi connectivity index (χ3n) is 4.26. The first-order chi connectivity index (χ1) is 13.1. The molecule has 0 aromatic heterocycles. The minimum atomic E-state index is -0.979. The van der Waals surface area contributed by atoms with Crippen LogP contribution in [0.2, 0.25) is 10.0 Å². The quantitative estimate of drug-likeness (QED) is 0.536. The van der Waals surface area contributed by atoms with Gasteiger partial charge in [-0.2, -0.15) is 0 Å². The number of rotatable bonds is 7. The van der Waals surface area contributed by atoms with Crippen LogP contribution in [0.1, 0.15) is 27.0 Å². The molecule has 3 aromatic rings. The third-order valence-corrected chi connectivity index (χ3v) is 5.03. The predicted molar refractivity (Wildman–Crippen MR) is 108 cm³/mol. The van der Waals surface area contributed by atoms with Gasteiger partial charge in [-0.15, -0.1) is 0 Å². The smallest absolute Gasteiger partial charge is 0.335 e. The number of halogens is 2. The molecule has 0 aliphatic heterocycles. The summed E-state index contributed by atoms with van der Waals surface area (Å²) in [6.07, 6.45) is 1.08. The van der Waals surface area contributed by atoms with Gasteiger partial charge in [0, 0.05) is 17.9 Å². The molecule has 3 aromatic carbocycles. The molecule has 0 unspecified atom stereocenters. The van der Waals surface area contributed by atoms with Gasteiger partial charge in [-0.1, -0.05) is 71.7 Å². The highest BCUT2D eigenvalue weighted by Crippen LogP contribution is 2.35. The zero-order valence-electron chi connectivity index (χ0n) is 14.5. The molecule has 3 nitrogen and oxygen atoms in total. The van der Waals surface area contributed by atoms with Crippen LogP contribution in [0.25, 0.3) is 0 Å². The zero-order chi connectivity index (χ0) is 19.2. The molecule has 0 saturated carbocycles. The Morgan fingerprint density at radius 2 is 1.63 bits per heavy atom. The summed E-state index contributed by atoms with van der Waals surface area (Å²) in [4.78, 5) is 11.4. The van der Waals surface area contributed by atoms with E-state index in [0.717, 1.165) is 6.42 Å². The van der Waals surface area contributed by atoms with Crippen LogP contribution in [0.15, 0.2) is 66.7 Å². The van der Waals surface area contributed by atoms with Crippen molar-refractivity contribution in [3.8, 4) is 5.75 Å². The van der Waals surface area contributed by atoms with E-state index in [1.54, 1.807) is 36.4 Å². The number of aromatic carboxylic acids is 1. The average molecular weight is 401 g/mol. The Hall–Kier alpha value is -2.49. The standard InChI is InChI=1S/C22H18Cl2O3/c23-19-10-11-20(27-13-12-15-6-2-1-3-7-15)21(24)18(19)14-16-8-4-5-9-17(16)22(25)26/h1-11H,12-14H2,(H,25,26). The van der Waals surface area contributed by atoms with Gasteiger partial charge in [0.2, 0.25) is 0 Å². The SMILES string of the molecule is O=C(O)c1ccccc1Cc1c(Cl)ccc(OCCc2ccccc2)c1Cl. The summed E-state index contributed by atoms with van der Waals surface area (Å²) in [6.45, 7) is 0.483. The fourth-order valence-corrected chi connectivity index (χ4v) is 3.41. The second-order valence-corrected chi connectivity index (χ2v) is 6.85. The summed E-state index contributed by atoms with van der Waals surface area (Å²) < 4.78 is 5.84. The minimum absolute atomic E-state index is 0.236. The van der Waals surface area contributed by atoms with Crippen molar-refractivity contribution in [2.45, 2.75) is 12.8 Å². The van der Waals surface area contributed by atoms with Crippen LogP contribution in [0.4, 0.5) is 0 Å². The average Bonchev–Trinajstić information content (AvgIpc) is 2.68. The molecule has 3 rings (SSSR count). The summed E-state index contributed by atoms with van der Waals surface area (Å²) >= 11 is 12.8. The molecule has 0 fully saturated rings. The second kappa shape index (κ2) is 8.94. The fraction of sp³-hybridized carbons (Fsp3) is 0.136. The van der Waals surface area contributed by atoms with E-state index in [-0.39, 0.29) is 5.56 Å². The normalized spacial score (nSPS) is 10.6. The van der Waals surface area contributed by atoms with Crippen LogP contribution in [-0.4, -0.2) is 17.7 Å². The number of hydrogen-bond acceptors (Lipinski definition) is 2. The summed E-state index contributed by atoms with van der Waals surface area (Å²) in [6, 6.07) is 20.3. The second-order valence-electron chi connectivity index (χ2n) is 6.06. The maximum atomic E-state index is 11.4. The van der Waals surface area contributed by atoms with Crippen molar-refractivity contribution < 1.29 is 14.6 Å². The largest absolute Gasteiger partial charge is 0.492 e. The number of carbonyl (C=O) groups is 1. The molecule has 5 heteroatoms. The number of carboxylic acids is 1. The van der Waals surface area contributed by atoms with Gasteiger partial charge in [-0.05, 0) is 34.9 Å². The van der Waals surface area contributed by atoms with Gasteiger partial charge in [-0.3, -0.25) is 0 Å². The van der Waals surface area contributed by atoms with Crippen LogP contribution >= 0.6 is 23.2 Å². The van der Waals surface area contributed by atoms with Crippen molar-refractivity contribution in [2.75, 3.05) is 6.61 Å². The maximum Gasteiger partial charge on any atom is 0.335 e. The lowest BCUT2D eigenvalue weighted by atomic mass is 9.99. The van der Waals surface area contributed by atoms with Crippen molar-refractivity contribution in [2.24, 2.45) is 0 Å². The van der Waals surface area contributed by atoms with Crippen LogP contribution in [0.5, 0.6) is 5.75 Å². The Morgan fingerprint density at radius 3 is 2.37 bits per heavy atom. The van der Waals surface area contributed by atoms with Crippen molar-refractivity contribution in [3.63, 3.8) is 0 Å². The monoisotopic (exact) mass is 400 g/mol. The molecule has 27 heavy (non-hydrogen) atoms. The van der Waals surface area contributed by atoms with Gasteiger partial charge in [-0.25, -0.2) is 4.79 Å². The Labute approximate surface area is 168 Å². The Morgan fingerprint density at radius 1 is 0.926 bits per heavy atom. The van der Waals surface area contributed by atoms with E-state index in [1.807, 2.05) is 30.3 Å². The molecule has 0 saturated heterocycles. The molecule has 0 bridgehead atoms. The van der Waals surface area contributed by atoms with E-state index in [9.17, 15) is 9.90 Å².